The first-order valence-corrected chi connectivity index (χ1v) is 6.84. The Morgan fingerprint density at radius 3 is 2.53 bits per heavy atom. The molecule has 3 nitrogen and oxygen atoms in total. The van der Waals surface area contributed by atoms with Crippen LogP contribution in [0.4, 0.5) is 0 Å². The van der Waals surface area contributed by atoms with Crippen molar-refractivity contribution in [2.45, 2.75) is 46.4 Å². The Morgan fingerprint density at radius 2 is 2.00 bits per heavy atom. The van der Waals surface area contributed by atoms with E-state index in [1.165, 1.54) is 5.56 Å². The van der Waals surface area contributed by atoms with Crippen molar-refractivity contribution in [1.29, 1.82) is 0 Å². The number of hydrogen-bond acceptors (Lipinski definition) is 3. The van der Waals surface area contributed by atoms with Gasteiger partial charge in [0.25, 0.3) is 0 Å². The molecule has 0 aliphatic rings. The van der Waals surface area contributed by atoms with Crippen LogP contribution in [0.15, 0.2) is 24.3 Å². The summed E-state index contributed by atoms with van der Waals surface area (Å²) >= 11 is 0. The molecule has 3 heteroatoms. The molecule has 0 aliphatic carbocycles. The zero-order valence-corrected chi connectivity index (χ0v) is 12.7. The molecule has 0 aliphatic heterocycles. The molecule has 0 saturated carbocycles. The zero-order chi connectivity index (χ0) is 14.5. The van der Waals surface area contributed by atoms with E-state index in [4.69, 9.17) is 9.84 Å². The van der Waals surface area contributed by atoms with Gasteiger partial charge in [-0.2, -0.15) is 0 Å². The molecule has 0 aromatic heterocycles. The molecule has 1 aromatic rings. The van der Waals surface area contributed by atoms with Gasteiger partial charge in [-0.1, -0.05) is 45.0 Å². The minimum absolute atomic E-state index is 0.0866. The van der Waals surface area contributed by atoms with Gasteiger partial charge in [-0.25, -0.2) is 0 Å². The lowest BCUT2D eigenvalue weighted by molar-refractivity contribution is 0.0160. The van der Waals surface area contributed by atoms with E-state index in [9.17, 15) is 0 Å². The topological polar surface area (TPSA) is 41.5 Å². The number of ether oxygens (including phenoxy) is 1. The van der Waals surface area contributed by atoms with Gasteiger partial charge in [0.15, 0.2) is 0 Å². The van der Waals surface area contributed by atoms with E-state index in [1.54, 1.807) is 7.11 Å². The average Bonchev–Trinajstić information content (AvgIpc) is 2.37. The fraction of sp³-hybridized carbons (Fsp3) is 0.625. The maximum atomic E-state index is 9.17. The second-order valence-corrected chi connectivity index (χ2v) is 6.12. The van der Waals surface area contributed by atoms with E-state index in [2.05, 4.69) is 39.1 Å². The van der Waals surface area contributed by atoms with E-state index < -0.39 is 0 Å². The average molecular weight is 265 g/mol. The van der Waals surface area contributed by atoms with Crippen molar-refractivity contribution in [3.8, 4) is 0 Å². The molecule has 108 valence electrons. The van der Waals surface area contributed by atoms with E-state index in [-0.39, 0.29) is 24.2 Å². The lowest BCUT2D eigenvalue weighted by Gasteiger charge is -2.30. The Bertz CT molecular complexity index is 385. The second kappa shape index (κ2) is 7.04. The smallest absolute Gasteiger partial charge is 0.0744 e. The van der Waals surface area contributed by atoms with Gasteiger partial charge in [-0.15, -0.1) is 0 Å². The van der Waals surface area contributed by atoms with Crippen molar-refractivity contribution in [2.75, 3.05) is 13.7 Å². The molecular weight excluding hydrogens is 238 g/mol. The Hall–Kier alpha value is -0.900. The standard InChI is InChI=1S/C16H27NO2/c1-12(14-8-6-7-13(9-14)11-18)17-10-15(19-5)16(2,3)4/h6-9,12,15,17-18H,10-11H2,1-5H3. The molecule has 0 bridgehead atoms. The summed E-state index contributed by atoms with van der Waals surface area (Å²) in [6, 6.07) is 8.28. The molecule has 1 aromatic carbocycles. The molecule has 2 atom stereocenters. The molecule has 0 radical (unpaired) electrons. The Labute approximate surface area is 117 Å². The summed E-state index contributed by atoms with van der Waals surface area (Å²) in [6.45, 7) is 9.57. The molecule has 2 N–H and O–H groups in total. The van der Waals surface area contributed by atoms with Crippen molar-refractivity contribution in [2.24, 2.45) is 5.41 Å². The lowest BCUT2D eigenvalue weighted by Crippen LogP contribution is -2.39. The summed E-state index contributed by atoms with van der Waals surface area (Å²) < 4.78 is 5.54. The summed E-state index contributed by atoms with van der Waals surface area (Å²) in [5.41, 5.74) is 2.26. The van der Waals surface area contributed by atoms with Crippen molar-refractivity contribution in [3.63, 3.8) is 0 Å². The number of nitrogens with one attached hydrogen (secondary N) is 1. The Balaban J connectivity index is 2.61. The fourth-order valence-electron chi connectivity index (χ4n) is 2.11. The van der Waals surface area contributed by atoms with Crippen molar-refractivity contribution in [3.05, 3.63) is 35.4 Å². The largest absolute Gasteiger partial charge is 0.392 e. The molecule has 0 heterocycles. The SMILES string of the molecule is COC(CNC(C)c1cccc(CO)c1)C(C)(C)C. The van der Waals surface area contributed by atoms with Crippen LogP contribution in [0.25, 0.3) is 0 Å². The summed E-state index contributed by atoms with van der Waals surface area (Å²) in [5, 5.41) is 12.7. The van der Waals surface area contributed by atoms with Crippen LogP contribution in [0.2, 0.25) is 0 Å². The second-order valence-electron chi connectivity index (χ2n) is 6.12. The van der Waals surface area contributed by atoms with Gasteiger partial charge >= 0.3 is 0 Å². The molecule has 0 saturated heterocycles. The number of aliphatic hydroxyl groups excluding tert-OH is 1. The highest BCUT2D eigenvalue weighted by molar-refractivity contribution is 5.25. The number of hydrogen-bond donors (Lipinski definition) is 2. The molecule has 0 fully saturated rings. The van der Waals surface area contributed by atoms with Gasteiger partial charge in [0.1, 0.15) is 0 Å². The third kappa shape index (κ3) is 4.94. The highest BCUT2D eigenvalue weighted by Gasteiger charge is 2.24. The third-order valence-electron chi connectivity index (χ3n) is 3.49. The van der Waals surface area contributed by atoms with Crippen LogP contribution in [-0.2, 0) is 11.3 Å². The highest BCUT2D eigenvalue weighted by Crippen LogP contribution is 2.22. The van der Waals surface area contributed by atoms with Gasteiger partial charge in [0.05, 0.1) is 12.7 Å². The minimum atomic E-state index is 0.0866. The minimum Gasteiger partial charge on any atom is -0.392 e. The molecule has 1 rings (SSSR count). The number of methoxy groups -OCH3 is 1. The summed E-state index contributed by atoms with van der Waals surface area (Å²) in [7, 11) is 1.76. The van der Waals surface area contributed by atoms with Gasteiger partial charge < -0.3 is 15.2 Å². The summed E-state index contributed by atoms with van der Waals surface area (Å²) in [5.74, 6) is 0. The van der Waals surface area contributed by atoms with Crippen molar-refractivity contribution >= 4 is 0 Å². The number of benzene rings is 1. The van der Waals surface area contributed by atoms with Crippen LogP contribution in [0.3, 0.4) is 0 Å². The molecule has 19 heavy (non-hydrogen) atoms. The first kappa shape index (κ1) is 16.2. The monoisotopic (exact) mass is 265 g/mol. The van der Waals surface area contributed by atoms with Crippen LogP contribution in [0, 0.1) is 5.41 Å². The van der Waals surface area contributed by atoms with E-state index >= 15 is 0 Å². The van der Waals surface area contributed by atoms with Crippen molar-refractivity contribution < 1.29 is 9.84 Å². The molecule has 0 spiro atoms. The fourth-order valence-corrected chi connectivity index (χ4v) is 2.11. The van der Waals surface area contributed by atoms with Gasteiger partial charge in [-0.3, -0.25) is 0 Å². The Kier molecular flexibility index (Phi) is 5.98. The Morgan fingerprint density at radius 1 is 1.32 bits per heavy atom. The predicted octanol–water partition coefficient (Wildman–Crippen LogP) is 2.89. The van der Waals surface area contributed by atoms with Crippen molar-refractivity contribution in [1.82, 2.24) is 5.32 Å². The first-order valence-electron chi connectivity index (χ1n) is 6.84. The van der Waals surface area contributed by atoms with E-state index in [0.717, 1.165) is 12.1 Å². The maximum Gasteiger partial charge on any atom is 0.0744 e. The third-order valence-corrected chi connectivity index (χ3v) is 3.49. The first-order chi connectivity index (χ1) is 8.88. The van der Waals surface area contributed by atoms with Crippen LogP contribution in [0.1, 0.15) is 44.9 Å². The van der Waals surface area contributed by atoms with Crippen LogP contribution in [-0.4, -0.2) is 24.9 Å². The van der Waals surface area contributed by atoms with E-state index in [1.807, 2.05) is 18.2 Å². The number of aliphatic hydroxyl groups is 1. The maximum absolute atomic E-state index is 9.17. The zero-order valence-electron chi connectivity index (χ0n) is 12.7. The predicted molar refractivity (Wildman–Crippen MR) is 79.0 cm³/mol. The normalized spacial score (nSPS) is 15.3. The molecule has 0 amide bonds. The lowest BCUT2D eigenvalue weighted by atomic mass is 9.88. The van der Waals surface area contributed by atoms with Gasteiger partial charge in [0, 0.05) is 19.7 Å². The van der Waals surface area contributed by atoms with Gasteiger partial charge in [0.2, 0.25) is 0 Å². The highest BCUT2D eigenvalue weighted by atomic mass is 16.5. The van der Waals surface area contributed by atoms with Gasteiger partial charge in [-0.05, 0) is 23.5 Å². The quantitative estimate of drug-likeness (QED) is 0.831. The summed E-state index contributed by atoms with van der Waals surface area (Å²) in [4.78, 5) is 0. The van der Waals surface area contributed by atoms with Crippen LogP contribution >= 0.6 is 0 Å². The summed E-state index contributed by atoms with van der Waals surface area (Å²) in [6.07, 6.45) is 0.177. The molecule has 2 unspecified atom stereocenters. The molecular formula is C16H27NO2. The van der Waals surface area contributed by atoms with Crippen LogP contribution < -0.4 is 5.32 Å². The van der Waals surface area contributed by atoms with Crippen LogP contribution in [0.5, 0.6) is 0 Å². The number of rotatable bonds is 6. The van der Waals surface area contributed by atoms with E-state index in [0.29, 0.717) is 0 Å².